The molecule has 0 radical (unpaired) electrons. The van der Waals surface area contributed by atoms with Crippen molar-refractivity contribution in [3.05, 3.63) is 36.5 Å². The summed E-state index contributed by atoms with van der Waals surface area (Å²) < 4.78 is 5.49. The van der Waals surface area contributed by atoms with Crippen LogP contribution >= 0.6 is 0 Å². The molecule has 0 aromatic rings. The van der Waals surface area contributed by atoms with Crippen LogP contribution in [0.2, 0.25) is 0 Å². The molecule has 0 bridgehead atoms. The van der Waals surface area contributed by atoms with Gasteiger partial charge in [0.15, 0.2) is 0 Å². The Hall–Kier alpha value is -1.35. The minimum absolute atomic E-state index is 0.0888. The van der Waals surface area contributed by atoms with E-state index in [1.165, 1.54) is 0 Å². The summed E-state index contributed by atoms with van der Waals surface area (Å²) in [5, 5.41) is 10.2. The highest BCUT2D eigenvalue weighted by molar-refractivity contribution is 5.91. The second-order valence-corrected chi connectivity index (χ2v) is 5.66. The van der Waals surface area contributed by atoms with Crippen LogP contribution in [0.1, 0.15) is 19.3 Å². The molecule has 0 aromatic heterocycles. The van der Waals surface area contributed by atoms with E-state index >= 15 is 0 Å². The van der Waals surface area contributed by atoms with Crippen molar-refractivity contribution in [2.75, 3.05) is 0 Å². The van der Waals surface area contributed by atoms with Crippen LogP contribution in [0.15, 0.2) is 36.5 Å². The summed E-state index contributed by atoms with van der Waals surface area (Å²) in [4.78, 5) is 11.7. The summed E-state index contributed by atoms with van der Waals surface area (Å²) in [6.45, 7) is 12.0. The van der Waals surface area contributed by atoms with Gasteiger partial charge in [0.25, 0.3) is 0 Å². The number of fused-ring (bicyclic) bond motifs is 3. The van der Waals surface area contributed by atoms with Crippen LogP contribution in [0.4, 0.5) is 0 Å². The number of hydrogen-bond donors (Lipinski definition) is 1. The predicted octanol–water partition coefficient (Wildman–Crippen LogP) is 1.99. The van der Waals surface area contributed by atoms with E-state index in [9.17, 15) is 9.90 Å². The Morgan fingerprint density at radius 2 is 1.94 bits per heavy atom. The molecule has 3 heteroatoms. The lowest BCUT2D eigenvalue weighted by molar-refractivity contribution is -0.141. The maximum absolute atomic E-state index is 11.7. The predicted molar refractivity (Wildman–Crippen MR) is 67.6 cm³/mol. The highest BCUT2D eigenvalue weighted by Gasteiger charge is 2.52. The average Bonchev–Trinajstić information content (AvgIpc) is 2.80. The first-order chi connectivity index (χ1) is 8.50. The number of carbonyl (C=O) groups is 1. The smallest absolute Gasteiger partial charge is 0.334 e. The molecule has 1 aliphatic heterocycles. The van der Waals surface area contributed by atoms with Gasteiger partial charge in [-0.05, 0) is 30.8 Å². The Morgan fingerprint density at radius 1 is 1.22 bits per heavy atom. The molecule has 1 saturated heterocycles. The average molecular weight is 246 g/mol. The van der Waals surface area contributed by atoms with Gasteiger partial charge in [-0.25, -0.2) is 4.79 Å². The minimum atomic E-state index is -0.565. The number of rotatable bonds is 0. The van der Waals surface area contributed by atoms with Crippen LogP contribution in [0.5, 0.6) is 0 Å². The molecule has 2 saturated carbocycles. The van der Waals surface area contributed by atoms with E-state index in [0.29, 0.717) is 12.0 Å². The van der Waals surface area contributed by atoms with Crippen molar-refractivity contribution < 1.29 is 14.6 Å². The fourth-order valence-electron chi connectivity index (χ4n) is 3.72. The first kappa shape index (κ1) is 11.7. The summed E-state index contributed by atoms with van der Waals surface area (Å²) in [5.74, 6) is -0.0960. The van der Waals surface area contributed by atoms with Crippen molar-refractivity contribution in [2.24, 2.45) is 17.8 Å². The van der Waals surface area contributed by atoms with Crippen molar-refractivity contribution in [2.45, 2.75) is 31.5 Å². The molecule has 1 N–H and O–H groups in total. The highest BCUT2D eigenvalue weighted by atomic mass is 16.6. The summed E-state index contributed by atoms with van der Waals surface area (Å²) >= 11 is 0. The van der Waals surface area contributed by atoms with Crippen LogP contribution in [0.3, 0.4) is 0 Å². The van der Waals surface area contributed by atoms with Gasteiger partial charge in [-0.2, -0.15) is 0 Å². The molecule has 1 heterocycles. The lowest BCUT2D eigenvalue weighted by Gasteiger charge is -2.26. The number of ether oxygens (including phenoxy) is 1. The van der Waals surface area contributed by atoms with Crippen molar-refractivity contribution in [1.29, 1.82) is 0 Å². The molecule has 96 valence electrons. The van der Waals surface area contributed by atoms with Crippen molar-refractivity contribution in [3.63, 3.8) is 0 Å². The van der Waals surface area contributed by atoms with E-state index in [4.69, 9.17) is 4.74 Å². The first-order valence-electron chi connectivity index (χ1n) is 6.45. The number of esters is 1. The van der Waals surface area contributed by atoms with Crippen LogP contribution in [0, 0.1) is 17.8 Å². The van der Waals surface area contributed by atoms with Gasteiger partial charge in [-0.15, -0.1) is 0 Å². The summed E-state index contributed by atoms with van der Waals surface area (Å²) in [6.07, 6.45) is 1.61. The van der Waals surface area contributed by atoms with E-state index in [2.05, 4.69) is 19.7 Å². The number of aliphatic hydroxyl groups excluding tert-OH is 1. The van der Waals surface area contributed by atoms with Crippen LogP contribution in [-0.4, -0.2) is 23.3 Å². The third-order valence-corrected chi connectivity index (χ3v) is 4.77. The topological polar surface area (TPSA) is 46.5 Å². The van der Waals surface area contributed by atoms with Gasteiger partial charge in [0.05, 0.1) is 6.10 Å². The van der Waals surface area contributed by atoms with Gasteiger partial charge in [0.1, 0.15) is 6.10 Å². The molecule has 3 rings (SSSR count). The van der Waals surface area contributed by atoms with E-state index in [-0.39, 0.29) is 29.8 Å². The first-order valence-corrected chi connectivity index (χ1v) is 6.45. The zero-order valence-electron chi connectivity index (χ0n) is 10.4. The number of hydrogen-bond acceptors (Lipinski definition) is 3. The normalized spacial score (nSPS) is 43.5. The molecule has 2 aliphatic carbocycles. The Morgan fingerprint density at radius 3 is 2.67 bits per heavy atom. The maximum Gasteiger partial charge on any atom is 0.334 e. The molecule has 0 spiro atoms. The van der Waals surface area contributed by atoms with Gasteiger partial charge >= 0.3 is 5.97 Å². The zero-order valence-corrected chi connectivity index (χ0v) is 10.4. The second kappa shape index (κ2) is 3.82. The lowest BCUT2D eigenvalue weighted by Crippen LogP contribution is -2.28. The molecule has 3 fully saturated rings. The zero-order chi connectivity index (χ0) is 13.0. The summed E-state index contributed by atoms with van der Waals surface area (Å²) in [6, 6.07) is 0. The maximum atomic E-state index is 11.7. The third-order valence-electron chi connectivity index (χ3n) is 4.77. The monoisotopic (exact) mass is 246 g/mol. The van der Waals surface area contributed by atoms with Crippen molar-refractivity contribution >= 4 is 5.97 Å². The molecule has 5 atom stereocenters. The molecule has 0 unspecified atom stereocenters. The van der Waals surface area contributed by atoms with Crippen LogP contribution in [-0.2, 0) is 9.53 Å². The van der Waals surface area contributed by atoms with E-state index in [0.717, 1.165) is 24.0 Å². The van der Waals surface area contributed by atoms with Gasteiger partial charge in [0.2, 0.25) is 0 Å². The van der Waals surface area contributed by atoms with Crippen LogP contribution in [0.25, 0.3) is 0 Å². The van der Waals surface area contributed by atoms with Gasteiger partial charge in [0, 0.05) is 17.4 Å². The van der Waals surface area contributed by atoms with Crippen molar-refractivity contribution in [3.8, 4) is 0 Å². The Labute approximate surface area is 107 Å². The molecular formula is C15H18O3. The quantitative estimate of drug-likeness (QED) is 0.404. The molecule has 3 nitrogen and oxygen atoms in total. The Bertz CT molecular complexity index is 462. The Balaban J connectivity index is 2.04. The van der Waals surface area contributed by atoms with Gasteiger partial charge < -0.3 is 9.84 Å². The molecule has 0 amide bonds. The van der Waals surface area contributed by atoms with Gasteiger partial charge in [-0.1, -0.05) is 25.3 Å². The SMILES string of the molecule is C=C1CC[C@@H]2C(=C)[C@@H](O)C[C@H]3C(=C)C(=O)O[C@@H]3[C@@H]12. The fourth-order valence-corrected chi connectivity index (χ4v) is 3.72. The van der Waals surface area contributed by atoms with Crippen molar-refractivity contribution in [1.82, 2.24) is 0 Å². The standard InChI is InChI=1S/C15H18O3/c1-7-4-5-10-8(2)12(16)6-11-9(3)15(17)18-14(11)13(7)10/h10-14,16H,1-6H2/t10-,11+,12+,13+,14+/m1/s1. The lowest BCUT2D eigenvalue weighted by atomic mass is 9.82. The number of aliphatic hydroxyl groups is 1. The third kappa shape index (κ3) is 1.43. The molecule has 18 heavy (non-hydrogen) atoms. The molecule has 0 aromatic carbocycles. The van der Waals surface area contributed by atoms with E-state index in [1.807, 2.05) is 0 Å². The molecule has 3 aliphatic rings. The largest absolute Gasteiger partial charge is 0.458 e. The fraction of sp³-hybridized carbons (Fsp3) is 0.533. The van der Waals surface area contributed by atoms with E-state index < -0.39 is 6.10 Å². The van der Waals surface area contributed by atoms with E-state index in [1.54, 1.807) is 0 Å². The summed E-state index contributed by atoms with van der Waals surface area (Å²) in [7, 11) is 0. The second-order valence-electron chi connectivity index (χ2n) is 5.66. The highest BCUT2D eigenvalue weighted by Crippen LogP contribution is 2.51. The summed E-state index contributed by atoms with van der Waals surface area (Å²) in [5.41, 5.74) is 2.48. The van der Waals surface area contributed by atoms with Crippen LogP contribution < -0.4 is 0 Å². The Kier molecular flexibility index (Phi) is 2.49. The minimum Gasteiger partial charge on any atom is -0.458 e. The van der Waals surface area contributed by atoms with Gasteiger partial charge in [-0.3, -0.25) is 0 Å². The molecular weight excluding hydrogens is 228 g/mol. The number of carbonyl (C=O) groups excluding carboxylic acids is 1.